The SMILES string of the molecule is Br.CCCCCCCC(C)C(S)C(=O)c1ccccc1. The van der Waals surface area contributed by atoms with Gasteiger partial charge in [-0.2, -0.15) is 12.6 Å². The summed E-state index contributed by atoms with van der Waals surface area (Å²) in [6.07, 6.45) is 7.49. The molecule has 0 heterocycles. The van der Waals surface area contributed by atoms with E-state index >= 15 is 0 Å². The highest BCUT2D eigenvalue weighted by atomic mass is 79.9. The molecule has 2 atom stereocenters. The number of halogens is 1. The van der Waals surface area contributed by atoms with Crippen LogP contribution in [-0.4, -0.2) is 11.0 Å². The van der Waals surface area contributed by atoms with E-state index in [2.05, 4.69) is 26.5 Å². The lowest BCUT2D eigenvalue weighted by molar-refractivity contribution is 0.0971. The monoisotopic (exact) mass is 358 g/mol. The summed E-state index contributed by atoms with van der Waals surface area (Å²) in [5, 5.41) is -0.173. The molecule has 0 bridgehead atoms. The summed E-state index contributed by atoms with van der Waals surface area (Å²) in [6.45, 7) is 4.36. The highest BCUT2D eigenvalue weighted by molar-refractivity contribution is 8.93. The molecular formula is C17H27BrOS. The Labute approximate surface area is 139 Å². The van der Waals surface area contributed by atoms with Crippen molar-refractivity contribution in [2.24, 2.45) is 5.92 Å². The van der Waals surface area contributed by atoms with Gasteiger partial charge in [0.25, 0.3) is 0 Å². The second-order valence-electron chi connectivity index (χ2n) is 5.36. The maximum atomic E-state index is 12.2. The fourth-order valence-electron chi connectivity index (χ4n) is 2.26. The van der Waals surface area contributed by atoms with E-state index in [1.165, 1.54) is 32.1 Å². The molecule has 0 amide bonds. The minimum Gasteiger partial charge on any atom is -0.293 e. The smallest absolute Gasteiger partial charge is 0.175 e. The van der Waals surface area contributed by atoms with Crippen molar-refractivity contribution in [2.75, 3.05) is 0 Å². The Morgan fingerprint density at radius 2 is 1.70 bits per heavy atom. The molecule has 0 aliphatic rings. The minimum atomic E-state index is -0.173. The van der Waals surface area contributed by atoms with E-state index < -0.39 is 0 Å². The third-order valence-electron chi connectivity index (χ3n) is 3.63. The van der Waals surface area contributed by atoms with Gasteiger partial charge >= 0.3 is 0 Å². The molecular weight excluding hydrogens is 332 g/mol. The van der Waals surface area contributed by atoms with Crippen molar-refractivity contribution in [2.45, 2.75) is 57.6 Å². The number of Topliss-reactive ketones (excluding diaryl/α,β-unsaturated/α-hetero) is 1. The van der Waals surface area contributed by atoms with Crippen molar-refractivity contribution in [3.05, 3.63) is 35.9 Å². The molecule has 0 radical (unpaired) electrons. The molecule has 2 unspecified atom stereocenters. The van der Waals surface area contributed by atoms with Crippen LogP contribution in [0, 0.1) is 5.92 Å². The van der Waals surface area contributed by atoms with E-state index in [-0.39, 0.29) is 28.0 Å². The van der Waals surface area contributed by atoms with Crippen molar-refractivity contribution in [3.8, 4) is 0 Å². The summed E-state index contributed by atoms with van der Waals surface area (Å²) >= 11 is 4.53. The molecule has 20 heavy (non-hydrogen) atoms. The standard InChI is InChI=1S/C17H26OS.BrH/c1-3-4-5-6-8-11-14(2)17(19)16(18)15-12-9-7-10-13-15;/h7,9-10,12-14,17,19H,3-6,8,11H2,1-2H3;1H. The number of benzene rings is 1. The molecule has 1 aromatic carbocycles. The lowest BCUT2D eigenvalue weighted by atomic mass is 9.94. The Bertz CT molecular complexity index is 367. The first-order valence-electron chi connectivity index (χ1n) is 7.44. The molecule has 0 N–H and O–H groups in total. The molecule has 1 rings (SSSR count). The highest BCUT2D eigenvalue weighted by Crippen LogP contribution is 2.21. The second kappa shape index (κ2) is 11.4. The third-order valence-corrected chi connectivity index (χ3v) is 4.37. The number of thiol groups is 1. The van der Waals surface area contributed by atoms with Gasteiger partial charge in [-0.1, -0.05) is 76.3 Å². The van der Waals surface area contributed by atoms with Crippen LogP contribution in [0.25, 0.3) is 0 Å². The van der Waals surface area contributed by atoms with E-state index in [4.69, 9.17) is 0 Å². The Morgan fingerprint density at radius 1 is 1.10 bits per heavy atom. The summed E-state index contributed by atoms with van der Waals surface area (Å²) in [5.74, 6) is 0.502. The third kappa shape index (κ3) is 6.94. The first-order chi connectivity index (χ1) is 9.16. The first-order valence-corrected chi connectivity index (χ1v) is 7.95. The van der Waals surface area contributed by atoms with Gasteiger partial charge in [0.1, 0.15) is 0 Å². The van der Waals surface area contributed by atoms with Crippen molar-refractivity contribution in [1.82, 2.24) is 0 Å². The lowest BCUT2D eigenvalue weighted by Crippen LogP contribution is -2.22. The maximum Gasteiger partial charge on any atom is 0.175 e. The van der Waals surface area contributed by atoms with Crippen LogP contribution in [0.3, 0.4) is 0 Å². The summed E-state index contributed by atoms with van der Waals surface area (Å²) in [7, 11) is 0. The molecule has 0 aliphatic heterocycles. The number of hydrogen-bond donors (Lipinski definition) is 1. The summed E-state index contributed by atoms with van der Waals surface area (Å²) < 4.78 is 0. The molecule has 0 fully saturated rings. The quantitative estimate of drug-likeness (QED) is 0.338. The second-order valence-corrected chi connectivity index (χ2v) is 5.91. The van der Waals surface area contributed by atoms with Crippen molar-refractivity contribution in [1.29, 1.82) is 0 Å². The van der Waals surface area contributed by atoms with E-state index in [1.54, 1.807) is 0 Å². The first kappa shape index (κ1) is 19.7. The van der Waals surface area contributed by atoms with Crippen molar-refractivity contribution in [3.63, 3.8) is 0 Å². The van der Waals surface area contributed by atoms with Gasteiger partial charge in [0.05, 0.1) is 5.25 Å². The van der Waals surface area contributed by atoms with Gasteiger partial charge in [0, 0.05) is 5.56 Å². The fraction of sp³-hybridized carbons (Fsp3) is 0.588. The lowest BCUT2D eigenvalue weighted by Gasteiger charge is -2.18. The maximum absolute atomic E-state index is 12.2. The molecule has 0 saturated heterocycles. The molecule has 114 valence electrons. The molecule has 0 aromatic heterocycles. The number of ketones is 1. The van der Waals surface area contributed by atoms with Gasteiger partial charge < -0.3 is 0 Å². The largest absolute Gasteiger partial charge is 0.293 e. The summed E-state index contributed by atoms with van der Waals surface area (Å²) in [4.78, 5) is 12.2. The molecule has 0 spiro atoms. The van der Waals surface area contributed by atoms with Gasteiger partial charge in [0.15, 0.2) is 5.78 Å². The number of carbonyl (C=O) groups is 1. The average Bonchev–Trinajstić information content (AvgIpc) is 2.46. The van der Waals surface area contributed by atoms with Crippen molar-refractivity contribution < 1.29 is 4.79 Å². The van der Waals surface area contributed by atoms with Crippen LogP contribution in [0.2, 0.25) is 0 Å². The zero-order valence-corrected chi connectivity index (χ0v) is 15.2. The summed E-state index contributed by atoms with van der Waals surface area (Å²) in [6, 6.07) is 9.49. The van der Waals surface area contributed by atoms with E-state index in [0.717, 1.165) is 12.0 Å². The highest BCUT2D eigenvalue weighted by Gasteiger charge is 2.21. The normalized spacial score (nSPS) is 13.3. The van der Waals surface area contributed by atoms with Crippen molar-refractivity contribution >= 4 is 35.4 Å². The van der Waals surface area contributed by atoms with Crippen LogP contribution >= 0.6 is 29.6 Å². The molecule has 3 heteroatoms. The molecule has 0 saturated carbocycles. The zero-order valence-electron chi connectivity index (χ0n) is 12.5. The van der Waals surface area contributed by atoms with Crippen LogP contribution in [-0.2, 0) is 0 Å². The fourth-order valence-corrected chi connectivity index (χ4v) is 2.56. The van der Waals surface area contributed by atoms with Gasteiger partial charge in [-0.25, -0.2) is 0 Å². The minimum absolute atomic E-state index is 0. The van der Waals surface area contributed by atoms with E-state index in [0.29, 0.717) is 5.92 Å². The Morgan fingerprint density at radius 3 is 2.30 bits per heavy atom. The average molecular weight is 359 g/mol. The number of unbranched alkanes of at least 4 members (excludes halogenated alkanes) is 4. The topological polar surface area (TPSA) is 17.1 Å². The Hall–Kier alpha value is -0.280. The van der Waals surface area contributed by atoms with E-state index in [9.17, 15) is 4.79 Å². The van der Waals surface area contributed by atoms with Crippen LogP contribution in [0.15, 0.2) is 30.3 Å². The predicted octanol–water partition coefficient (Wildman–Crippen LogP) is 5.74. The molecule has 1 nitrogen and oxygen atoms in total. The molecule has 0 aliphatic carbocycles. The van der Waals surface area contributed by atoms with Gasteiger partial charge in [-0.3, -0.25) is 4.79 Å². The van der Waals surface area contributed by atoms with Crippen LogP contribution in [0.4, 0.5) is 0 Å². The van der Waals surface area contributed by atoms with Crippen LogP contribution in [0.5, 0.6) is 0 Å². The van der Waals surface area contributed by atoms with Crippen LogP contribution < -0.4 is 0 Å². The van der Waals surface area contributed by atoms with E-state index in [1.807, 2.05) is 30.3 Å². The predicted molar refractivity (Wildman–Crippen MR) is 96.4 cm³/mol. The Kier molecular flexibility index (Phi) is 11.2. The number of rotatable bonds is 9. The zero-order chi connectivity index (χ0) is 14.1. The summed E-state index contributed by atoms with van der Waals surface area (Å²) in [5.41, 5.74) is 0.778. The number of carbonyl (C=O) groups excluding carboxylic acids is 1. The Balaban J connectivity index is 0.00000361. The molecule has 1 aromatic rings. The van der Waals surface area contributed by atoms with Gasteiger partial charge in [-0.05, 0) is 12.3 Å². The van der Waals surface area contributed by atoms with Gasteiger partial charge in [0.2, 0.25) is 0 Å². The number of hydrogen-bond acceptors (Lipinski definition) is 2. The van der Waals surface area contributed by atoms with Gasteiger partial charge in [-0.15, -0.1) is 17.0 Å². The van der Waals surface area contributed by atoms with Crippen LogP contribution in [0.1, 0.15) is 62.7 Å².